The van der Waals surface area contributed by atoms with E-state index in [9.17, 15) is 14.0 Å². The SMILES string of the molecule is O=C(C1CCN(Cc2ccc(F)cc2)CC1)N1CCC[C@@]2(CC1)CN(c1ccccc1)C(=O)O2. The van der Waals surface area contributed by atoms with Crippen LogP contribution >= 0.6 is 0 Å². The molecule has 5 rings (SSSR count). The Morgan fingerprint density at radius 2 is 1.71 bits per heavy atom. The third-order valence-electron chi connectivity index (χ3n) is 7.50. The average molecular weight is 466 g/mol. The highest BCUT2D eigenvalue weighted by Gasteiger charge is 2.47. The van der Waals surface area contributed by atoms with Crippen LogP contribution in [0.15, 0.2) is 54.6 Å². The molecule has 2 aromatic rings. The summed E-state index contributed by atoms with van der Waals surface area (Å²) in [6.45, 7) is 4.42. The van der Waals surface area contributed by atoms with Crippen LogP contribution in [0.25, 0.3) is 0 Å². The highest BCUT2D eigenvalue weighted by Crippen LogP contribution is 2.36. The highest BCUT2D eigenvalue weighted by atomic mass is 19.1. The Bertz CT molecular complexity index is 1010. The molecule has 0 radical (unpaired) electrons. The summed E-state index contributed by atoms with van der Waals surface area (Å²) in [7, 11) is 0. The van der Waals surface area contributed by atoms with Crippen LogP contribution in [0.2, 0.25) is 0 Å². The number of rotatable bonds is 4. The van der Waals surface area contributed by atoms with Crippen molar-refractivity contribution in [2.24, 2.45) is 5.92 Å². The Kier molecular flexibility index (Phi) is 6.55. The van der Waals surface area contributed by atoms with E-state index in [1.165, 1.54) is 12.1 Å². The van der Waals surface area contributed by atoms with E-state index in [1.54, 1.807) is 4.90 Å². The Hall–Kier alpha value is -2.93. The maximum Gasteiger partial charge on any atom is 0.415 e. The summed E-state index contributed by atoms with van der Waals surface area (Å²) in [4.78, 5) is 32.0. The third-order valence-corrected chi connectivity index (χ3v) is 7.50. The van der Waals surface area contributed by atoms with Crippen molar-refractivity contribution in [3.05, 3.63) is 66.0 Å². The molecule has 6 nitrogen and oxygen atoms in total. The summed E-state index contributed by atoms with van der Waals surface area (Å²) in [5.74, 6) is 0.0700. The zero-order chi connectivity index (χ0) is 23.5. The van der Waals surface area contributed by atoms with Gasteiger partial charge in [-0.3, -0.25) is 14.6 Å². The Morgan fingerprint density at radius 3 is 2.44 bits per heavy atom. The minimum atomic E-state index is -0.513. The summed E-state index contributed by atoms with van der Waals surface area (Å²) in [5, 5.41) is 0. The minimum absolute atomic E-state index is 0.0467. The normalized spacial score (nSPS) is 24.3. The predicted molar refractivity (Wildman–Crippen MR) is 128 cm³/mol. The van der Waals surface area contributed by atoms with Crippen LogP contribution in [-0.2, 0) is 16.1 Å². The van der Waals surface area contributed by atoms with E-state index in [0.717, 1.165) is 63.1 Å². The van der Waals surface area contributed by atoms with Crippen molar-refractivity contribution in [3.8, 4) is 0 Å². The lowest BCUT2D eigenvalue weighted by Crippen LogP contribution is -2.43. The number of ether oxygens (including phenoxy) is 1. The molecule has 1 spiro atoms. The van der Waals surface area contributed by atoms with Gasteiger partial charge in [-0.25, -0.2) is 9.18 Å². The Morgan fingerprint density at radius 1 is 0.971 bits per heavy atom. The quantitative estimate of drug-likeness (QED) is 0.670. The zero-order valence-electron chi connectivity index (χ0n) is 19.5. The number of carbonyl (C=O) groups is 2. The summed E-state index contributed by atoms with van der Waals surface area (Å²) in [6.07, 6.45) is 3.70. The second-order valence-electron chi connectivity index (χ2n) is 9.83. The molecular formula is C27H32FN3O3. The van der Waals surface area contributed by atoms with Gasteiger partial charge in [-0.1, -0.05) is 30.3 Å². The first-order valence-electron chi connectivity index (χ1n) is 12.3. The second kappa shape index (κ2) is 9.74. The second-order valence-corrected chi connectivity index (χ2v) is 9.83. The van der Waals surface area contributed by atoms with Gasteiger partial charge < -0.3 is 9.64 Å². The first-order valence-corrected chi connectivity index (χ1v) is 12.3. The van der Waals surface area contributed by atoms with Crippen molar-refractivity contribution in [2.75, 3.05) is 37.6 Å². The topological polar surface area (TPSA) is 53.1 Å². The largest absolute Gasteiger partial charge is 0.441 e. The van der Waals surface area contributed by atoms with Crippen molar-refractivity contribution < 1.29 is 18.7 Å². The van der Waals surface area contributed by atoms with Gasteiger partial charge in [0.05, 0.1) is 6.54 Å². The zero-order valence-corrected chi connectivity index (χ0v) is 19.5. The molecule has 2 aromatic carbocycles. The van der Waals surface area contributed by atoms with E-state index in [-0.39, 0.29) is 23.7 Å². The highest BCUT2D eigenvalue weighted by molar-refractivity contribution is 5.90. The summed E-state index contributed by atoms with van der Waals surface area (Å²) in [5.41, 5.74) is 1.44. The van der Waals surface area contributed by atoms with Crippen LogP contribution < -0.4 is 4.90 Å². The molecule has 34 heavy (non-hydrogen) atoms. The van der Waals surface area contributed by atoms with Gasteiger partial charge in [0.25, 0.3) is 0 Å². The molecule has 0 aromatic heterocycles. The molecular weight excluding hydrogens is 433 g/mol. The van der Waals surface area contributed by atoms with Crippen molar-refractivity contribution in [1.29, 1.82) is 0 Å². The number of likely N-dealkylation sites (tertiary alicyclic amines) is 2. The van der Waals surface area contributed by atoms with Gasteiger partial charge in [-0.05, 0) is 68.6 Å². The molecule has 0 saturated carbocycles. The third kappa shape index (κ3) is 4.94. The molecule has 0 bridgehead atoms. The van der Waals surface area contributed by atoms with Crippen LogP contribution in [0, 0.1) is 11.7 Å². The van der Waals surface area contributed by atoms with Gasteiger partial charge in [0, 0.05) is 37.7 Å². The Balaban J connectivity index is 1.14. The first-order chi connectivity index (χ1) is 16.5. The van der Waals surface area contributed by atoms with E-state index in [4.69, 9.17) is 4.74 Å². The van der Waals surface area contributed by atoms with Gasteiger partial charge in [0.15, 0.2) is 0 Å². The van der Waals surface area contributed by atoms with Crippen molar-refractivity contribution in [1.82, 2.24) is 9.80 Å². The lowest BCUT2D eigenvalue weighted by Gasteiger charge is -2.34. The Labute approximate surface area is 200 Å². The van der Waals surface area contributed by atoms with Gasteiger partial charge in [-0.15, -0.1) is 0 Å². The molecule has 3 heterocycles. The van der Waals surface area contributed by atoms with Gasteiger partial charge in [0.2, 0.25) is 5.91 Å². The van der Waals surface area contributed by atoms with E-state index in [1.807, 2.05) is 47.4 Å². The number of hydrogen-bond acceptors (Lipinski definition) is 4. The molecule has 7 heteroatoms. The first kappa shape index (κ1) is 22.8. The summed E-state index contributed by atoms with van der Waals surface area (Å²) >= 11 is 0. The fourth-order valence-electron chi connectivity index (χ4n) is 5.52. The lowest BCUT2D eigenvalue weighted by atomic mass is 9.94. The van der Waals surface area contributed by atoms with E-state index < -0.39 is 5.60 Å². The molecule has 3 saturated heterocycles. The number of anilines is 1. The maximum absolute atomic E-state index is 13.3. The van der Waals surface area contributed by atoms with Gasteiger partial charge >= 0.3 is 6.09 Å². The molecule has 0 aliphatic carbocycles. The smallest absolute Gasteiger partial charge is 0.415 e. The number of nitrogens with zero attached hydrogens (tertiary/aromatic N) is 3. The maximum atomic E-state index is 13.3. The average Bonchev–Trinajstić information content (AvgIpc) is 3.05. The minimum Gasteiger partial charge on any atom is -0.441 e. The molecule has 1 atom stereocenters. The monoisotopic (exact) mass is 465 g/mol. The van der Waals surface area contributed by atoms with Crippen LogP contribution in [0.1, 0.15) is 37.7 Å². The number of benzene rings is 2. The number of para-hydroxylation sites is 1. The van der Waals surface area contributed by atoms with Gasteiger partial charge in [0.1, 0.15) is 11.4 Å². The van der Waals surface area contributed by atoms with Crippen LogP contribution in [0.3, 0.4) is 0 Å². The molecule has 3 aliphatic heterocycles. The number of halogens is 1. The number of hydrogen-bond donors (Lipinski definition) is 0. The molecule has 0 unspecified atom stereocenters. The van der Waals surface area contributed by atoms with E-state index >= 15 is 0 Å². The van der Waals surface area contributed by atoms with Crippen molar-refractivity contribution in [3.63, 3.8) is 0 Å². The summed E-state index contributed by atoms with van der Waals surface area (Å²) in [6, 6.07) is 16.3. The molecule has 2 amide bonds. The van der Waals surface area contributed by atoms with Gasteiger partial charge in [-0.2, -0.15) is 0 Å². The standard InChI is InChI=1S/C27H32FN3O3/c28-23-9-7-21(8-10-23)19-29-16-11-22(12-17-29)25(32)30-15-4-13-27(14-18-30)20-31(26(33)34-27)24-5-2-1-3-6-24/h1-3,5-10,22H,4,11-20H2/t27-/m1/s1. The van der Waals surface area contributed by atoms with Crippen molar-refractivity contribution >= 4 is 17.7 Å². The van der Waals surface area contributed by atoms with E-state index in [2.05, 4.69) is 4.90 Å². The molecule has 3 fully saturated rings. The fourth-order valence-corrected chi connectivity index (χ4v) is 5.52. The van der Waals surface area contributed by atoms with E-state index in [0.29, 0.717) is 19.5 Å². The lowest BCUT2D eigenvalue weighted by molar-refractivity contribution is -0.137. The fraction of sp³-hybridized carbons (Fsp3) is 0.481. The van der Waals surface area contributed by atoms with Crippen LogP contribution in [-0.4, -0.2) is 60.1 Å². The van der Waals surface area contributed by atoms with Crippen molar-refractivity contribution in [2.45, 2.75) is 44.2 Å². The summed E-state index contributed by atoms with van der Waals surface area (Å²) < 4.78 is 19.0. The number of carbonyl (C=O) groups excluding carboxylic acids is 2. The molecule has 180 valence electrons. The molecule has 0 N–H and O–H groups in total. The molecule has 3 aliphatic rings. The van der Waals surface area contributed by atoms with Crippen LogP contribution in [0.4, 0.5) is 14.9 Å². The number of amides is 2. The van der Waals surface area contributed by atoms with Crippen LogP contribution in [0.5, 0.6) is 0 Å². The number of piperidine rings is 1. The predicted octanol–water partition coefficient (Wildman–Crippen LogP) is 4.45.